The highest BCUT2D eigenvalue weighted by Crippen LogP contribution is 2.37. The molecule has 1 fully saturated rings. The summed E-state index contributed by atoms with van der Waals surface area (Å²) in [5.74, 6) is -1.62. The summed E-state index contributed by atoms with van der Waals surface area (Å²) in [6.07, 6.45) is 0.346. The summed E-state index contributed by atoms with van der Waals surface area (Å²) < 4.78 is 4.92. The third-order valence-electron chi connectivity index (χ3n) is 4.67. The normalized spacial score (nSPS) is 23.7. The second-order valence-corrected chi connectivity index (χ2v) is 6.07. The zero-order chi connectivity index (χ0) is 18.0. The molecule has 0 aliphatic carbocycles. The summed E-state index contributed by atoms with van der Waals surface area (Å²) in [6, 6.07) is 18.6. The molecule has 25 heavy (non-hydrogen) atoms. The summed E-state index contributed by atoms with van der Waals surface area (Å²) in [4.78, 5) is 25.7. The summed E-state index contributed by atoms with van der Waals surface area (Å²) >= 11 is 0. The first-order chi connectivity index (χ1) is 12.0. The molecule has 1 amide bonds. The van der Waals surface area contributed by atoms with Gasteiger partial charge < -0.3 is 10.5 Å². The fourth-order valence-corrected chi connectivity index (χ4v) is 3.27. The standard InChI is InChI=1S/C19H21N3O3/c1-21-19(20,18(24)25-2)16(13-14-9-5-3-6-10-14)17(23)22(21)15-11-7-4-8-12-15/h3-12,16H,13,20H2,1-2H3. The van der Waals surface area contributed by atoms with Gasteiger partial charge in [0.05, 0.1) is 18.7 Å². The predicted molar refractivity (Wildman–Crippen MR) is 94.3 cm³/mol. The number of hydrogen-bond acceptors (Lipinski definition) is 5. The average Bonchev–Trinajstić information content (AvgIpc) is 2.84. The maximum atomic E-state index is 13.2. The zero-order valence-corrected chi connectivity index (χ0v) is 14.3. The molecule has 2 N–H and O–H groups in total. The van der Waals surface area contributed by atoms with Crippen molar-refractivity contribution in [2.24, 2.45) is 11.7 Å². The summed E-state index contributed by atoms with van der Waals surface area (Å²) in [5.41, 5.74) is 6.47. The van der Waals surface area contributed by atoms with Crippen molar-refractivity contribution in [3.8, 4) is 0 Å². The number of carbonyl (C=O) groups excluding carboxylic acids is 2. The molecular formula is C19H21N3O3. The molecule has 1 saturated heterocycles. The Morgan fingerprint density at radius 2 is 1.68 bits per heavy atom. The van der Waals surface area contributed by atoms with Crippen LogP contribution >= 0.6 is 0 Å². The van der Waals surface area contributed by atoms with Crippen LogP contribution in [0, 0.1) is 5.92 Å². The molecule has 0 bridgehead atoms. The van der Waals surface area contributed by atoms with Crippen LogP contribution in [0.15, 0.2) is 60.7 Å². The number of rotatable bonds is 4. The Kier molecular flexibility index (Phi) is 4.57. The van der Waals surface area contributed by atoms with E-state index in [9.17, 15) is 9.59 Å². The van der Waals surface area contributed by atoms with Gasteiger partial charge in [-0.1, -0.05) is 48.5 Å². The molecule has 2 aromatic carbocycles. The van der Waals surface area contributed by atoms with Crippen LogP contribution in [0.5, 0.6) is 0 Å². The fraction of sp³-hybridized carbons (Fsp3) is 0.263. The van der Waals surface area contributed by atoms with E-state index in [1.54, 1.807) is 19.2 Å². The molecule has 2 aromatic rings. The first kappa shape index (κ1) is 17.1. The number of nitrogens with zero attached hydrogens (tertiary/aromatic N) is 2. The molecule has 1 aliphatic rings. The quantitative estimate of drug-likeness (QED) is 0.856. The predicted octanol–water partition coefficient (Wildman–Crippen LogP) is 1.57. The van der Waals surface area contributed by atoms with Crippen molar-refractivity contribution in [1.29, 1.82) is 0 Å². The first-order valence-electron chi connectivity index (χ1n) is 8.04. The van der Waals surface area contributed by atoms with E-state index in [1.165, 1.54) is 17.1 Å². The first-order valence-corrected chi connectivity index (χ1v) is 8.04. The van der Waals surface area contributed by atoms with E-state index in [1.807, 2.05) is 48.5 Å². The maximum absolute atomic E-state index is 13.2. The van der Waals surface area contributed by atoms with Crippen LogP contribution in [0.3, 0.4) is 0 Å². The largest absolute Gasteiger partial charge is 0.467 e. The molecule has 6 heteroatoms. The van der Waals surface area contributed by atoms with E-state index in [0.717, 1.165) is 5.56 Å². The minimum atomic E-state index is -1.57. The third-order valence-corrected chi connectivity index (χ3v) is 4.67. The monoisotopic (exact) mass is 339 g/mol. The van der Waals surface area contributed by atoms with Gasteiger partial charge in [-0.15, -0.1) is 0 Å². The molecule has 0 aromatic heterocycles. The van der Waals surface area contributed by atoms with Gasteiger partial charge in [0.1, 0.15) is 0 Å². The zero-order valence-electron chi connectivity index (χ0n) is 14.3. The van der Waals surface area contributed by atoms with Crippen LogP contribution < -0.4 is 10.7 Å². The summed E-state index contributed by atoms with van der Waals surface area (Å²) in [7, 11) is 2.91. The van der Waals surface area contributed by atoms with Gasteiger partial charge in [0.2, 0.25) is 5.91 Å². The highest BCUT2D eigenvalue weighted by Gasteiger charge is 2.60. The van der Waals surface area contributed by atoms with Crippen LogP contribution in [-0.2, 0) is 20.7 Å². The SMILES string of the molecule is COC(=O)C1(N)C(Cc2ccccc2)C(=O)N(c2ccccc2)N1C. The Labute approximate surface area is 146 Å². The van der Waals surface area contributed by atoms with E-state index in [2.05, 4.69) is 0 Å². The second kappa shape index (κ2) is 6.66. The van der Waals surface area contributed by atoms with Crippen LogP contribution in [0.2, 0.25) is 0 Å². The van der Waals surface area contributed by atoms with Gasteiger partial charge in [-0.05, 0) is 24.1 Å². The molecule has 2 atom stereocenters. The van der Waals surface area contributed by atoms with Crippen LogP contribution in [0.4, 0.5) is 5.69 Å². The van der Waals surface area contributed by atoms with Crippen LogP contribution in [0.25, 0.3) is 0 Å². The van der Waals surface area contributed by atoms with Crippen molar-refractivity contribution >= 4 is 17.6 Å². The molecule has 3 rings (SSSR count). The Morgan fingerprint density at radius 3 is 2.24 bits per heavy atom. The topological polar surface area (TPSA) is 75.9 Å². The molecular weight excluding hydrogens is 318 g/mol. The molecule has 6 nitrogen and oxygen atoms in total. The van der Waals surface area contributed by atoms with Crippen LogP contribution in [0.1, 0.15) is 5.56 Å². The highest BCUT2D eigenvalue weighted by molar-refractivity contribution is 6.03. The van der Waals surface area contributed by atoms with Gasteiger partial charge in [0, 0.05) is 7.05 Å². The Bertz CT molecular complexity index is 766. The van der Waals surface area contributed by atoms with Crippen molar-refractivity contribution in [1.82, 2.24) is 5.01 Å². The second-order valence-electron chi connectivity index (χ2n) is 6.07. The van der Waals surface area contributed by atoms with Crippen molar-refractivity contribution in [3.05, 3.63) is 66.2 Å². The number of esters is 1. The lowest BCUT2D eigenvalue weighted by molar-refractivity contribution is -0.155. The third kappa shape index (κ3) is 2.79. The number of ether oxygens (including phenoxy) is 1. The van der Waals surface area contributed by atoms with E-state index in [4.69, 9.17) is 10.5 Å². The van der Waals surface area contributed by atoms with Gasteiger partial charge in [-0.2, -0.15) is 5.01 Å². The molecule has 130 valence electrons. The number of likely N-dealkylation sites (N-methyl/N-ethyl adjacent to an activating group) is 1. The van der Waals surface area contributed by atoms with E-state index >= 15 is 0 Å². The van der Waals surface area contributed by atoms with Crippen LogP contribution in [-0.4, -0.2) is 36.7 Å². The molecule has 0 saturated carbocycles. The molecule has 0 spiro atoms. The van der Waals surface area contributed by atoms with Crippen molar-refractivity contribution in [2.45, 2.75) is 12.1 Å². The smallest absolute Gasteiger partial charge is 0.343 e. The Balaban J connectivity index is 2.04. The Morgan fingerprint density at radius 1 is 1.12 bits per heavy atom. The number of hydrazine groups is 1. The fourth-order valence-electron chi connectivity index (χ4n) is 3.27. The van der Waals surface area contributed by atoms with Crippen molar-refractivity contribution in [3.63, 3.8) is 0 Å². The van der Waals surface area contributed by atoms with Gasteiger partial charge in [0.25, 0.3) is 0 Å². The number of benzene rings is 2. The minimum Gasteiger partial charge on any atom is -0.467 e. The van der Waals surface area contributed by atoms with Gasteiger partial charge in [0.15, 0.2) is 5.66 Å². The number of hydrogen-bond donors (Lipinski definition) is 1. The number of nitrogens with two attached hydrogens (primary N) is 1. The van der Waals surface area contributed by atoms with Gasteiger partial charge >= 0.3 is 5.97 Å². The molecule has 1 heterocycles. The number of para-hydroxylation sites is 1. The summed E-state index contributed by atoms with van der Waals surface area (Å²) in [6.45, 7) is 0. The van der Waals surface area contributed by atoms with Crippen molar-refractivity contribution < 1.29 is 14.3 Å². The van der Waals surface area contributed by atoms with E-state index in [0.29, 0.717) is 12.1 Å². The number of carbonyl (C=O) groups is 2. The average molecular weight is 339 g/mol. The van der Waals surface area contributed by atoms with Crippen molar-refractivity contribution in [2.75, 3.05) is 19.2 Å². The lowest BCUT2D eigenvalue weighted by Crippen LogP contribution is -2.63. The van der Waals surface area contributed by atoms with Gasteiger partial charge in [-0.25, -0.2) is 9.80 Å². The van der Waals surface area contributed by atoms with Gasteiger partial charge in [-0.3, -0.25) is 4.79 Å². The number of anilines is 1. The Hall–Kier alpha value is -2.70. The maximum Gasteiger partial charge on any atom is 0.343 e. The lowest BCUT2D eigenvalue weighted by atomic mass is 9.87. The highest BCUT2D eigenvalue weighted by atomic mass is 16.5. The molecule has 0 radical (unpaired) electrons. The molecule has 2 unspecified atom stereocenters. The van der Waals surface area contributed by atoms with E-state index in [-0.39, 0.29) is 5.91 Å². The molecule has 1 aliphatic heterocycles. The number of methoxy groups -OCH3 is 1. The summed E-state index contributed by atoms with van der Waals surface area (Å²) in [5, 5.41) is 2.93. The number of amides is 1. The lowest BCUT2D eigenvalue weighted by Gasteiger charge is -2.34. The minimum absolute atomic E-state index is 0.231. The van der Waals surface area contributed by atoms with E-state index < -0.39 is 17.6 Å².